The fraction of sp³-hybridized carbons (Fsp3) is 0.714. The Hall–Kier alpha value is -1.57. The Morgan fingerprint density at radius 1 is 0.897 bits per heavy atom. The molecule has 0 amide bonds. The van der Waals surface area contributed by atoms with Crippen molar-refractivity contribution in [1.29, 1.82) is 0 Å². The maximum absolute atomic E-state index is 10.4. The van der Waals surface area contributed by atoms with Gasteiger partial charge in [-0.3, -0.25) is 4.18 Å². The van der Waals surface area contributed by atoms with Crippen molar-refractivity contribution in [2.45, 2.75) is 38.5 Å². The minimum atomic E-state index is -3.30. The zero-order valence-electron chi connectivity index (χ0n) is 16.9. The molecule has 29 heavy (non-hydrogen) atoms. The average Bonchev–Trinajstić information content (AvgIpc) is 3.59. The fourth-order valence-corrected chi connectivity index (χ4v) is 1.77. The van der Waals surface area contributed by atoms with E-state index in [2.05, 4.69) is 48.0 Å². The highest BCUT2D eigenvalue weighted by molar-refractivity contribution is 7.86. The number of rotatable bonds is 2. The molecule has 3 aliphatic carbocycles. The molecule has 0 aromatic heterocycles. The standard InChI is InChI=1S/C7H10O3S.C6H8O.C5H6.C3H6O3/c1-11(8,9)10-6-2-3-7-4-5-7;7-5-1-2-6-3-4-6;1-2-5-3-4-5;1-4-2-6-3-5-1/h7H,4-6H2,1H3;6-7H,3-5H2;1,5H,3-4H2;1-3H2. The SMILES string of the molecule is C#CC1CC1.C1OCOCO1.CS(=O)(=O)OCC#CC1CC1.OCC#CC1CC1. The van der Waals surface area contributed by atoms with Gasteiger partial charge in [0.05, 0.1) is 6.26 Å². The second-order valence-corrected chi connectivity index (χ2v) is 8.37. The van der Waals surface area contributed by atoms with Gasteiger partial charge in [-0.05, 0) is 38.5 Å². The van der Waals surface area contributed by atoms with E-state index >= 15 is 0 Å². The molecule has 0 atom stereocenters. The first-order valence-electron chi connectivity index (χ1n) is 9.56. The summed E-state index contributed by atoms with van der Waals surface area (Å²) in [5.74, 6) is 15.5. The van der Waals surface area contributed by atoms with Crippen LogP contribution < -0.4 is 0 Å². The lowest BCUT2D eigenvalue weighted by Crippen LogP contribution is -2.14. The summed E-state index contributed by atoms with van der Waals surface area (Å²) in [7, 11) is -3.30. The van der Waals surface area contributed by atoms with E-state index in [9.17, 15) is 8.42 Å². The lowest BCUT2D eigenvalue weighted by atomic mass is 10.4. The van der Waals surface area contributed by atoms with Crippen LogP contribution in [-0.4, -0.2) is 53.4 Å². The molecule has 1 heterocycles. The van der Waals surface area contributed by atoms with E-state index in [4.69, 9.17) is 11.5 Å². The Kier molecular flexibility index (Phi) is 13.4. The maximum atomic E-state index is 10.4. The normalized spacial score (nSPS) is 19.5. The van der Waals surface area contributed by atoms with Crippen molar-refractivity contribution in [1.82, 2.24) is 0 Å². The van der Waals surface area contributed by atoms with Crippen LogP contribution in [0, 0.1) is 53.8 Å². The van der Waals surface area contributed by atoms with Crippen LogP contribution in [0.15, 0.2) is 0 Å². The summed E-state index contributed by atoms with van der Waals surface area (Å²) in [6.07, 6.45) is 13.3. The first-order valence-corrected chi connectivity index (χ1v) is 11.4. The van der Waals surface area contributed by atoms with Gasteiger partial charge in [0.2, 0.25) is 0 Å². The molecule has 4 aliphatic rings. The Morgan fingerprint density at radius 3 is 1.62 bits per heavy atom. The van der Waals surface area contributed by atoms with E-state index in [0.717, 1.165) is 19.1 Å². The van der Waals surface area contributed by atoms with E-state index < -0.39 is 10.1 Å². The van der Waals surface area contributed by atoms with E-state index in [-0.39, 0.29) is 13.2 Å². The van der Waals surface area contributed by atoms with Crippen molar-refractivity contribution in [2.24, 2.45) is 17.8 Å². The molecule has 4 rings (SSSR count). The number of hydrogen-bond donors (Lipinski definition) is 1. The monoisotopic (exact) mass is 426 g/mol. The molecule has 1 N–H and O–H groups in total. The maximum Gasteiger partial charge on any atom is 0.265 e. The quantitative estimate of drug-likeness (QED) is 0.531. The highest BCUT2D eigenvalue weighted by atomic mass is 32.2. The summed E-state index contributed by atoms with van der Waals surface area (Å²) in [5, 5.41) is 8.17. The summed E-state index contributed by atoms with van der Waals surface area (Å²) in [6.45, 7) is 1.14. The van der Waals surface area contributed by atoms with Gasteiger partial charge in [0, 0.05) is 17.8 Å². The van der Waals surface area contributed by atoms with Gasteiger partial charge in [-0.1, -0.05) is 23.7 Å². The number of ether oxygens (including phenoxy) is 3. The van der Waals surface area contributed by atoms with E-state index in [1.807, 2.05) is 0 Å². The van der Waals surface area contributed by atoms with Crippen molar-refractivity contribution >= 4 is 10.1 Å². The molecule has 8 heteroatoms. The Labute approximate surface area is 174 Å². The Balaban J connectivity index is 0.000000203. The smallest absolute Gasteiger partial charge is 0.265 e. The van der Waals surface area contributed by atoms with Crippen LogP contribution in [0.2, 0.25) is 0 Å². The summed E-state index contributed by atoms with van der Waals surface area (Å²) in [5.41, 5.74) is 0. The van der Waals surface area contributed by atoms with Crippen LogP contribution in [0.4, 0.5) is 0 Å². The molecule has 0 radical (unpaired) electrons. The fourth-order valence-electron chi connectivity index (χ4n) is 1.50. The molecule has 7 nitrogen and oxygen atoms in total. The zero-order valence-corrected chi connectivity index (χ0v) is 17.7. The summed E-state index contributed by atoms with van der Waals surface area (Å²) in [6, 6.07) is 0. The lowest BCUT2D eigenvalue weighted by molar-refractivity contribution is -0.247. The van der Waals surface area contributed by atoms with Crippen molar-refractivity contribution in [3.05, 3.63) is 0 Å². The first-order chi connectivity index (χ1) is 13.9. The van der Waals surface area contributed by atoms with Crippen LogP contribution in [0.5, 0.6) is 0 Å². The summed E-state index contributed by atoms with van der Waals surface area (Å²) < 4.78 is 39.1. The molecule has 3 saturated carbocycles. The van der Waals surface area contributed by atoms with E-state index in [0.29, 0.717) is 38.1 Å². The molecule has 0 aromatic carbocycles. The van der Waals surface area contributed by atoms with Crippen LogP contribution in [0.25, 0.3) is 0 Å². The minimum Gasteiger partial charge on any atom is -0.384 e. The first kappa shape index (κ1) is 25.5. The number of hydrogen-bond acceptors (Lipinski definition) is 7. The largest absolute Gasteiger partial charge is 0.384 e. The van der Waals surface area contributed by atoms with Gasteiger partial charge in [-0.25, -0.2) is 0 Å². The second-order valence-electron chi connectivity index (χ2n) is 6.72. The van der Waals surface area contributed by atoms with Gasteiger partial charge in [-0.2, -0.15) is 8.42 Å². The van der Waals surface area contributed by atoms with Crippen LogP contribution in [0.1, 0.15) is 38.5 Å². The predicted molar refractivity (Wildman–Crippen MR) is 108 cm³/mol. The molecule has 0 spiro atoms. The van der Waals surface area contributed by atoms with Gasteiger partial charge in [0.15, 0.2) is 20.4 Å². The van der Waals surface area contributed by atoms with Crippen molar-refractivity contribution in [3.63, 3.8) is 0 Å². The summed E-state index contributed by atoms with van der Waals surface area (Å²) in [4.78, 5) is 0. The van der Waals surface area contributed by atoms with Crippen LogP contribution >= 0.6 is 0 Å². The minimum absolute atomic E-state index is 0.00463. The van der Waals surface area contributed by atoms with Gasteiger partial charge >= 0.3 is 0 Å². The van der Waals surface area contributed by atoms with Gasteiger partial charge in [0.25, 0.3) is 10.1 Å². The highest BCUT2D eigenvalue weighted by Gasteiger charge is 2.18. The van der Waals surface area contributed by atoms with Gasteiger partial charge in [0.1, 0.15) is 13.2 Å². The Morgan fingerprint density at radius 2 is 1.34 bits per heavy atom. The topological polar surface area (TPSA) is 91.3 Å². The van der Waals surface area contributed by atoms with Crippen molar-refractivity contribution in [2.75, 3.05) is 39.8 Å². The Bertz CT molecular complexity index is 691. The molecule has 4 fully saturated rings. The second kappa shape index (κ2) is 15.3. The van der Waals surface area contributed by atoms with E-state index in [1.165, 1.54) is 25.7 Å². The molecule has 1 saturated heterocycles. The molecule has 162 valence electrons. The predicted octanol–water partition coefficient (Wildman–Crippen LogP) is 1.72. The third-order valence-corrected chi connectivity index (χ3v) is 4.05. The van der Waals surface area contributed by atoms with E-state index in [1.54, 1.807) is 0 Å². The average molecular weight is 427 g/mol. The molecule has 0 bridgehead atoms. The highest BCUT2D eigenvalue weighted by Crippen LogP contribution is 2.27. The molecule has 1 aliphatic heterocycles. The zero-order chi connectivity index (χ0) is 21.4. The molecular weight excluding hydrogens is 396 g/mol. The summed E-state index contributed by atoms with van der Waals surface area (Å²) >= 11 is 0. The molecular formula is C21H30O7S. The van der Waals surface area contributed by atoms with Gasteiger partial charge < -0.3 is 19.3 Å². The number of aliphatic hydroxyl groups is 1. The van der Waals surface area contributed by atoms with Gasteiger partial charge in [-0.15, -0.1) is 12.3 Å². The number of aliphatic hydroxyl groups excluding tert-OH is 1. The van der Waals surface area contributed by atoms with Crippen molar-refractivity contribution in [3.8, 4) is 36.0 Å². The van der Waals surface area contributed by atoms with Crippen LogP contribution in [0.3, 0.4) is 0 Å². The van der Waals surface area contributed by atoms with Crippen molar-refractivity contribution < 1.29 is 31.9 Å². The molecule has 0 aromatic rings. The lowest BCUT2D eigenvalue weighted by Gasteiger charge is -2.10. The third-order valence-electron chi connectivity index (χ3n) is 3.50. The number of terminal acetylenes is 1. The van der Waals surface area contributed by atoms with Crippen LogP contribution in [-0.2, 0) is 28.5 Å². The molecule has 0 unspecified atom stereocenters. The third kappa shape index (κ3) is 21.0.